The van der Waals surface area contributed by atoms with E-state index in [1.54, 1.807) is 0 Å². The molecule has 4 heteroatoms. The van der Waals surface area contributed by atoms with Gasteiger partial charge in [0.1, 0.15) is 0 Å². The first kappa shape index (κ1) is 22.0. The number of nitrogens with zero attached hydrogens (tertiary/aromatic N) is 4. The molecule has 0 aliphatic heterocycles. The Morgan fingerprint density at radius 3 is 1.32 bits per heavy atom. The Morgan fingerprint density at radius 1 is 0.395 bits per heavy atom. The van der Waals surface area contributed by atoms with Gasteiger partial charge in [-0.15, -0.1) is 0 Å². The van der Waals surface area contributed by atoms with Crippen LogP contribution in [-0.4, -0.2) is 19.9 Å². The number of aromatic nitrogens is 4. The van der Waals surface area contributed by atoms with Crippen LogP contribution in [0.3, 0.4) is 0 Å². The fraction of sp³-hybridized carbons (Fsp3) is 0. The molecular weight excluding hydrogens is 464 g/mol. The monoisotopic (exact) mass is 486 g/mol. The first-order chi connectivity index (χ1) is 18.8. The molecule has 0 bridgehead atoms. The van der Waals surface area contributed by atoms with Crippen molar-refractivity contribution in [2.75, 3.05) is 0 Å². The van der Waals surface area contributed by atoms with E-state index in [2.05, 4.69) is 70.6 Å². The topological polar surface area (TPSA) is 51.6 Å². The average Bonchev–Trinajstić information content (AvgIpc) is 3.01. The van der Waals surface area contributed by atoms with Gasteiger partial charge in [-0.3, -0.25) is 9.97 Å². The Bertz CT molecular complexity index is 1780. The molecule has 4 nitrogen and oxygen atoms in total. The van der Waals surface area contributed by atoms with Crippen molar-refractivity contribution in [1.29, 1.82) is 0 Å². The summed E-state index contributed by atoms with van der Waals surface area (Å²) in [6, 6.07) is 37.4. The Hall–Kier alpha value is -5.22. The number of hydrogen-bond acceptors (Lipinski definition) is 4. The SMILES string of the molecule is c1ccc(-c2nc(-c3cccc(-c4cc5ccncc5c(-c5ccccc5)n4)c3)cc3ccncc23)cc1. The molecule has 0 radical (unpaired) electrons. The van der Waals surface area contributed by atoms with Crippen molar-refractivity contribution in [3.05, 3.63) is 134 Å². The van der Waals surface area contributed by atoms with Crippen LogP contribution in [0.2, 0.25) is 0 Å². The van der Waals surface area contributed by atoms with Crippen LogP contribution in [0.4, 0.5) is 0 Å². The largest absolute Gasteiger partial charge is 0.264 e. The fourth-order valence-corrected chi connectivity index (χ4v) is 4.94. The molecule has 38 heavy (non-hydrogen) atoms. The smallest absolute Gasteiger partial charge is 0.0803 e. The average molecular weight is 487 g/mol. The van der Waals surface area contributed by atoms with Gasteiger partial charge in [-0.2, -0.15) is 0 Å². The van der Waals surface area contributed by atoms with Gasteiger partial charge in [-0.05, 0) is 41.1 Å². The Morgan fingerprint density at radius 2 is 0.842 bits per heavy atom. The van der Waals surface area contributed by atoms with E-state index in [1.165, 1.54) is 0 Å². The van der Waals surface area contributed by atoms with Gasteiger partial charge in [0.2, 0.25) is 0 Å². The Balaban J connectivity index is 1.40. The molecule has 0 saturated heterocycles. The summed E-state index contributed by atoms with van der Waals surface area (Å²) >= 11 is 0. The highest BCUT2D eigenvalue weighted by atomic mass is 14.7. The number of benzene rings is 3. The third-order valence-corrected chi connectivity index (χ3v) is 6.82. The lowest BCUT2D eigenvalue weighted by atomic mass is 9.99. The van der Waals surface area contributed by atoms with Gasteiger partial charge in [0.05, 0.1) is 22.8 Å². The van der Waals surface area contributed by atoms with E-state index in [9.17, 15) is 0 Å². The summed E-state index contributed by atoms with van der Waals surface area (Å²) in [5, 5.41) is 4.29. The molecule has 0 spiro atoms. The normalized spacial score (nSPS) is 11.2. The maximum absolute atomic E-state index is 5.12. The Kier molecular flexibility index (Phi) is 5.41. The number of rotatable bonds is 4. The standard InChI is InChI=1S/C34H22N4/c1-3-8-23(9-4-1)33-29-21-35-16-14-25(29)19-31(37-33)27-12-7-13-28(18-27)32-20-26-15-17-36-22-30(26)34(38-32)24-10-5-2-6-11-24/h1-22H. The summed E-state index contributed by atoms with van der Waals surface area (Å²) < 4.78 is 0. The highest BCUT2D eigenvalue weighted by Gasteiger charge is 2.13. The van der Waals surface area contributed by atoms with Gasteiger partial charge >= 0.3 is 0 Å². The summed E-state index contributed by atoms with van der Waals surface area (Å²) in [5.41, 5.74) is 7.91. The number of fused-ring (bicyclic) bond motifs is 2. The van der Waals surface area contributed by atoms with E-state index in [0.717, 1.165) is 66.6 Å². The second-order valence-electron chi connectivity index (χ2n) is 9.22. The van der Waals surface area contributed by atoms with E-state index >= 15 is 0 Å². The molecule has 0 fully saturated rings. The van der Waals surface area contributed by atoms with Crippen LogP contribution in [0, 0.1) is 0 Å². The molecule has 0 aliphatic rings. The summed E-state index contributed by atoms with van der Waals surface area (Å²) in [7, 11) is 0. The third kappa shape index (κ3) is 3.98. The second-order valence-corrected chi connectivity index (χ2v) is 9.22. The van der Waals surface area contributed by atoms with Gasteiger partial charge < -0.3 is 0 Å². The predicted octanol–water partition coefficient (Wildman–Crippen LogP) is 8.24. The first-order valence-corrected chi connectivity index (χ1v) is 12.5. The molecule has 0 saturated carbocycles. The van der Waals surface area contributed by atoms with Gasteiger partial charge in [-0.25, -0.2) is 9.97 Å². The summed E-state index contributed by atoms with van der Waals surface area (Å²) in [4.78, 5) is 19.0. The number of pyridine rings is 4. The molecule has 3 aromatic carbocycles. The van der Waals surface area contributed by atoms with Gasteiger partial charge in [0, 0.05) is 57.8 Å². The maximum Gasteiger partial charge on any atom is 0.0803 e. The lowest BCUT2D eigenvalue weighted by Crippen LogP contribution is -1.94. The number of hydrogen-bond donors (Lipinski definition) is 0. The van der Waals surface area contributed by atoms with Crippen LogP contribution < -0.4 is 0 Å². The van der Waals surface area contributed by atoms with Crippen LogP contribution in [0.15, 0.2) is 134 Å². The zero-order chi connectivity index (χ0) is 25.3. The Labute approximate surface area is 220 Å². The quantitative estimate of drug-likeness (QED) is 0.251. The predicted molar refractivity (Wildman–Crippen MR) is 154 cm³/mol. The lowest BCUT2D eigenvalue weighted by Gasteiger charge is -2.12. The van der Waals surface area contributed by atoms with Crippen LogP contribution in [0.1, 0.15) is 0 Å². The van der Waals surface area contributed by atoms with Crippen molar-refractivity contribution in [3.8, 4) is 45.0 Å². The summed E-state index contributed by atoms with van der Waals surface area (Å²) in [5.74, 6) is 0. The van der Waals surface area contributed by atoms with Crippen LogP contribution >= 0.6 is 0 Å². The highest BCUT2D eigenvalue weighted by molar-refractivity contribution is 5.98. The van der Waals surface area contributed by atoms with Crippen molar-refractivity contribution in [1.82, 2.24) is 19.9 Å². The van der Waals surface area contributed by atoms with Crippen molar-refractivity contribution < 1.29 is 0 Å². The summed E-state index contributed by atoms with van der Waals surface area (Å²) in [6.07, 6.45) is 7.44. The molecule has 178 valence electrons. The molecule has 0 unspecified atom stereocenters. The fourth-order valence-electron chi connectivity index (χ4n) is 4.94. The molecular formula is C34H22N4. The van der Waals surface area contributed by atoms with Crippen molar-refractivity contribution >= 4 is 21.5 Å². The molecule has 0 N–H and O–H groups in total. The third-order valence-electron chi connectivity index (χ3n) is 6.82. The van der Waals surface area contributed by atoms with E-state index in [4.69, 9.17) is 9.97 Å². The van der Waals surface area contributed by atoms with E-state index in [0.29, 0.717) is 0 Å². The van der Waals surface area contributed by atoms with Crippen LogP contribution in [-0.2, 0) is 0 Å². The van der Waals surface area contributed by atoms with E-state index in [1.807, 2.05) is 73.3 Å². The van der Waals surface area contributed by atoms with Crippen LogP contribution in [0.25, 0.3) is 66.6 Å². The highest BCUT2D eigenvalue weighted by Crippen LogP contribution is 2.34. The lowest BCUT2D eigenvalue weighted by molar-refractivity contribution is 1.31. The minimum absolute atomic E-state index is 0.915. The molecule has 4 heterocycles. The van der Waals surface area contributed by atoms with Gasteiger partial charge in [-0.1, -0.05) is 78.9 Å². The molecule has 7 aromatic rings. The minimum Gasteiger partial charge on any atom is -0.264 e. The zero-order valence-electron chi connectivity index (χ0n) is 20.5. The molecule has 0 amide bonds. The minimum atomic E-state index is 0.915. The van der Waals surface area contributed by atoms with E-state index < -0.39 is 0 Å². The first-order valence-electron chi connectivity index (χ1n) is 12.5. The molecule has 0 aliphatic carbocycles. The van der Waals surface area contributed by atoms with E-state index in [-0.39, 0.29) is 0 Å². The van der Waals surface area contributed by atoms with Crippen molar-refractivity contribution in [3.63, 3.8) is 0 Å². The van der Waals surface area contributed by atoms with Gasteiger partial charge in [0.15, 0.2) is 0 Å². The molecule has 7 rings (SSSR count). The zero-order valence-corrected chi connectivity index (χ0v) is 20.5. The van der Waals surface area contributed by atoms with Crippen molar-refractivity contribution in [2.24, 2.45) is 0 Å². The maximum atomic E-state index is 5.12. The molecule has 4 aromatic heterocycles. The molecule has 0 atom stereocenters. The van der Waals surface area contributed by atoms with Gasteiger partial charge in [0.25, 0.3) is 0 Å². The van der Waals surface area contributed by atoms with Crippen LogP contribution in [0.5, 0.6) is 0 Å². The second kappa shape index (κ2) is 9.34. The summed E-state index contributed by atoms with van der Waals surface area (Å²) in [6.45, 7) is 0. The van der Waals surface area contributed by atoms with Crippen molar-refractivity contribution in [2.45, 2.75) is 0 Å².